The van der Waals surface area contributed by atoms with Gasteiger partial charge in [-0.05, 0) is 42.5 Å². The van der Waals surface area contributed by atoms with E-state index in [1.807, 2.05) is 0 Å². The first kappa shape index (κ1) is 24.7. The van der Waals surface area contributed by atoms with Crippen molar-refractivity contribution in [3.05, 3.63) is 97.1 Å². The summed E-state index contributed by atoms with van der Waals surface area (Å²) in [6.07, 6.45) is -3.68. The lowest BCUT2D eigenvalue weighted by atomic mass is 9.86. The lowest BCUT2D eigenvalue weighted by molar-refractivity contribution is -0.275. The predicted octanol–water partition coefficient (Wildman–Crippen LogP) is 6.77. The Morgan fingerprint density at radius 1 is 1.12 bits per heavy atom. The summed E-state index contributed by atoms with van der Waals surface area (Å²) in [7, 11) is 0. The second kappa shape index (κ2) is 9.67. The number of oxime groups is 1. The van der Waals surface area contributed by atoms with E-state index >= 15 is 0 Å². The van der Waals surface area contributed by atoms with Gasteiger partial charge in [0.25, 0.3) is 11.5 Å². The number of carbonyl (C=O) groups is 1. The van der Waals surface area contributed by atoms with Crippen LogP contribution in [0.15, 0.2) is 74.9 Å². The molecule has 1 atom stereocenters. The third-order valence-corrected chi connectivity index (χ3v) is 6.45. The molecule has 1 unspecified atom stereocenters. The Balaban J connectivity index is 1.56. The van der Waals surface area contributed by atoms with Crippen molar-refractivity contribution in [2.24, 2.45) is 5.16 Å². The topological polar surface area (TPSA) is 63.6 Å². The van der Waals surface area contributed by atoms with E-state index in [9.17, 15) is 18.0 Å². The van der Waals surface area contributed by atoms with Crippen molar-refractivity contribution in [3.63, 3.8) is 0 Å². The Bertz CT molecular complexity index is 1250. The summed E-state index contributed by atoms with van der Waals surface area (Å²) in [5, 5.41) is 6.54. The summed E-state index contributed by atoms with van der Waals surface area (Å²) in [4.78, 5) is 21.7. The summed E-state index contributed by atoms with van der Waals surface area (Å²) in [6, 6.07) is 14.0. The van der Waals surface area contributed by atoms with Gasteiger partial charge < -0.3 is 10.2 Å². The summed E-state index contributed by atoms with van der Waals surface area (Å²) in [6.45, 7) is 0.203. The van der Waals surface area contributed by atoms with Crippen molar-refractivity contribution in [1.82, 2.24) is 10.3 Å². The van der Waals surface area contributed by atoms with Crippen LogP contribution in [0.3, 0.4) is 0 Å². The predicted molar refractivity (Wildman–Crippen MR) is 129 cm³/mol. The van der Waals surface area contributed by atoms with Gasteiger partial charge in [-0.3, -0.25) is 9.78 Å². The summed E-state index contributed by atoms with van der Waals surface area (Å²) in [5.41, 5.74) is -1.51. The van der Waals surface area contributed by atoms with Gasteiger partial charge in [-0.15, -0.1) is 0 Å². The maximum absolute atomic E-state index is 14.2. The van der Waals surface area contributed by atoms with E-state index in [1.165, 1.54) is 30.3 Å². The normalized spacial score (nSPS) is 17.8. The highest BCUT2D eigenvalue weighted by Crippen LogP contribution is 2.49. The zero-order valence-electron chi connectivity index (χ0n) is 17.2. The molecule has 11 heteroatoms. The number of nitrogens with zero attached hydrogens (tertiary/aromatic N) is 2. The molecule has 1 aromatic heterocycles. The number of aromatic nitrogens is 1. The third kappa shape index (κ3) is 4.99. The molecule has 0 fully saturated rings. The van der Waals surface area contributed by atoms with E-state index < -0.39 is 24.1 Å². The molecule has 0 saturated heterocycles. The van der Waals surface area contributed by atoms with E-state index in [0.29, 0.717) is 20.2 Å². The largest absolute Gasteiger partial charge is 0.435 e. The lowest BCUT2D eigenvalue weighted by Gasteiger charge is -2.29. The number of rotatable bonds is 5. The van der Waals surface area contributed by atoms with Crippen LogP contribution < -0.4 is 5.32 Å². The second-order valence-electron chi connectivity index (χ2n) is 7.49. The van der Waals surface area contributed by atoms with Gasteiger partial charge in [-0.2, -0.15) is 13.2 Å². The van der Waals surface area contributed by atoms with Crippen LogP contribution in [-0.2, 0) is 17.0 Å². The summed E-state index contributed by atoms with van der Waals surface area (Å²) >= 11 is 12.7. The fraction of sp³-hybridized carbons (Fsp3) is 0.174. The van der Waals surface area contributed by atoms with Gasteiger partial charge in [-0.1, -0.05) is 60.7 Å². The van der Waals surface area contributed by atoms with E-state index in [4.69, 9.17) is 16.4 Å². The molecule has 34 heavy (non-hydrogen) atoms. The molecule has 176 valence electrons. The zero-order valence-corrected chi connectivity index (χ0v) is 21.1. The molecule has 1 N–H and O–H groups in total. The van der Waals surface area contributed by atoms with Crippen LogP contribution in [-0.4, -0.2) is 22.8 Å². The number of carbonyl (C=O) groups excluding carboxylic acids is 1. The van der Waals surface area contributed by atoms with Crippen molar-refractivity contribution in [2.45, 2.75) is 24.7 Å². The van der Waals surface area contributed by atoms with Gasteiger partial charge >= 0.3 is 6.18 Å². The smallest absolute Gasteiger partial charge is 0.374 e. The number of benzene rings is 2. The Morgan fingerprint density at radius 3 is 2.47 bits per heavy atom. The molecule has 3 aromatic rings. The Labute approximate surface area is 214 Å². The molecule has 4 rings (SSSR count). The quantitative estimate of drug-likeness (QED) is 0.344. The van der Waals surface area contributed by atoms with Crippen LogP contribution in [0.2, 0.25) is 5.02 Å². The fourth-order valence-electron chi connectivity index (χ4n) is 3.49. The second-order valence-corrected chi connectivity index (χ2v) is 9.73. The highest BCUT2D eigenvalue weighted by atomic mass is 79.9. The van der Waals surface area contributed by atoms with Crippen molar-refractivity contribution in [2.75, 3.05) is 0 Å². The van der Waals surface area contributed by atoms with Gasteiger partial charge in [0.15, 0.2) is 0 Å². The SMILES string of the molecule is O=C(NCc1ccccn1)c1ccc(C2=NOC(c3cc(Br)cc(Br)c3)(C(F)(F)F)C2)cc1Cl. The molecule has 0 radical (unpaired) electrons. The minimum absolute atomic E-state index is 0.0655. The molecule has 0 bridgehead atoms. The maximum atomic E-state index is 14.2. The molecule has 0 saturated carbocycles. The molecule has 2 heterocycles. The Kier molecular flexibility index (Phi) is 7.02. The zero-order chi connectivity index (χ0) is 24.5. The maximum Gasteiger partial charge on any atom is 0.435 e. The number of pyridine rings is 1. The fourth-order valence-corrected chi connectivity index (χ4v) is 5.05. The number of hydrogen-bond acceptors (Lipinski definition) is 4. The van der Waals surface area contributed by atoms with E-state index in [-0.39, 0.29) is 28.4 Å². The van der Waals surface area contributed by atoms with E-state index in [1.54, 1.807) is 30.5 Å². The molecule has 0 spiro atoms. The molecule has 0 aliphatic carbocycles. The van der Waals surface area contributed by atoms with Crippen molar-refractivity contribution >= 4 is 55.1 Å². The first-order chi connectivity index (χ1) is 16.1. The average molecular weight is 618 g/mol. The minimum atomic E-state index is -4.74. The molecule has 5 nitrogen and oxygen atoms in total. The summed E-state index contributed by atoms with van der Waals surface area (Å²) < 4.78 is 43.6. The molecular formula is C23H15Br2ClF3N3O2. The van der Waals surface area contributed by atoms with Crippen LogP contribution in [0, 0.1) is 0 Å². The number of alkyl halides is 3. The van der Waals surface area contributed by atoms with Crippen molar-refractivity contribution < 1.29 is 22.8 Å². The number of nitrogens with one attached hydrogen (secondary N) is 1. The van der Waals surface area contributed by atoms with Crippen molar-refractivity contribution in [3.8, 4) is 0 Å². The van der Waals surface area contributed by atoms with Gasteiger partial charge in [0.1, 0.15) is 0 Å². The number of hydrogen-bond donors (Lipinski definition) is 1. The van der Waals surface area contributed by atoms with E-state index in [2.05, 4.69) is 47.3 Å². The van der Waals surface area contributed by atoms with Gasteiger partial charge in [0.2, 0.25) is 0 Å². The van der Waals surface area contributed by atoms with Gasteiger partial charge in [0.05, 0.1) is 28.5 Å². The third-order valence-electron chi connectivity index (χ3n) is 5.22. The first-order valence-electron chi connectivity index (χ1n) is 9.85. The van der Waals surface area contributed by atoms with Crippen LogP contribution in [0.1, 0.15) is 33.6 Å². The first-order valence-corrected chi connectivity index (χ1v) is 11.8. The van der Waals surface area contributed by atoms with Crippen molar-refractivity contribution in [1.29, 1.82) is 0 Å². The molecular weight excluding hydrogens is 603 g/mol. The average Bonchev–Trinajstić information content (AvgIpc) is 3.25. The molecule has 2 aromatic carbocycles. The van der Waals surface area contributed by atoms with Crippen LogP contribution >= 0.6 is 43.5 Å². The number of halogens is 6. The van der Waals surface area contributed by atoms with Crippen LogP contribution in [0.5, 0.6) is 0 Å². The Morgan fingerprint density at radius 2 is 1.85 bits per heavy atom. The lowest BCUT2D eigenvalue weighted by Crippen LogP contribution is -2.42. The standard InChI is InChI=1S/C23H15Br2ClF3N3O2/c24-15-8-14(9-16(25)10-15)22(23(27,28)29)11-20(32-34-22)13-4-5-18(19(26)7-13)21(33)31-12-17-3-1-2-6-30-17/h1-10H,11-12H2,(H,31,33). The van der Waals surface area contributed by atoms with Crippen LogP contribution in [0.4, 0.5) is 13.2 Å². The molecule has 1 aliphatic rings. The Hall–Kier alpha value is -2.43. The highest BCUT2D eigenvalue weighted by Gasteiger charge is 2.62. The molecule has 1 amide bonds. The van der Waals surface area contributed by atoms with Gasteiger partial charge in [0, 0.05) is 32.7 Å². The number of amides is 1. The summed E-state index contributed by atoms with van der Waals surface area (Å²) in [5.74, 6) is -0.435. The van der Waals surface area contributed by atoms with E-state index in [0.717, 1.165) is 0 Å². The monoisotopic (exact) mass is 615 g/mol. The van der Waals surface area contributed by atoms with Gasteiger partial charge in [-0.25, -0.2) is 0 Å². The molecule has 1 aliphatic heterocycles. The highest BCUT2D eigenvalue weighted by molar-refractivity contribution is 9.11. The van der Waals surface area contributed by atoms with Crippen LogP contribution in [0.25, 0.3) is 0 Å². The minimum Gasteiger partial charge on any atom is -0.374 e.